The van der Waals surface area contributed by atoms with Crippen LogP contribution in [0.5, 0.6) is 11.5 Å². The molecule has 0 aromatic heterocycles. The quantitative estimate of drug-likeness (QED) is 0.512. The molecule has 1 amide bonds. The van der Waals surface area contributed by atoms with Gasteiger partial charge in [0, 0.05) is 0 Å². The van der Waals surface area contributed by atoms with Crippen LogP contribution in [0.2, 0.25) is 0 Å². The largest absolute Gasteiger partial charge is 0.493 e. The fourth-order valence-corrected chi connectivity index (χ4v) is 4.85. The Bertz CT molecular complexity index is 1070. The number of thiocarbonyl (C=S) groups is 1. The van der Waals surface area contributed by atoms with Crippen molar-refractivity contribution < 1.29 is 22.7 Å². The van der Waals surface area contributed by atoms with Crippen LogP contribution in [-0.4, -0.2) is 37.4 Å². The van der Waals surface area contributed by atoms with Crippen LogP contribution in [0.4, 0.5) is 0 Å². The van der Waals surface area contributed by atoms with Crippen molar-refractivity contribution in [3.63, 3.8) is 0 Å². The topological polar surface area (TPSA) is 84.9 Å². The minimum Gasteiger partial charge on any atom is -0.493 e. The van der Waals surface area contributed by atoms with Gasteiger partial charge in [-0.25, -0.2) is 13.4 Å². The van der Waals surface area contributed by atoms with Gasteiger partial charge in [0.2, 0.25) is 0 Å². The number of nitrogens with zero attached hydrogens (tertiary/aromatic N) is 1. The number of hydrogen-bond donors (Lipinski definition) is 1. The molecule has 1 N–H and O–H groups in total. The summed E-state index contributed by atoms with van der Waals surface area (Å²) >= 11 is 6.20. The maximum absolute atomic E-state index is 12.7. The summed E-state index contributed by atoms with van der Waals surface area (Å²) in [6.45, 7) is 2.37. The number of hydrazine groups is 1. The van der Waals surface area contributed by atoms with Crippen LogP contribution in [0, 0.1) is 0 Å². The summed E-state index contributed by atoms with van der Waals surface area (Å²) in [6.07, 6.45) is 1.62. The third kappa shape index (κ3) is 4.78. The Morgan fingerprint density at radius 3 is 2.55 bits per heavy atom. The third-order valence-electron chi connectivity index (χ3n) is 3.84. The summed E-state index contributed by atoms with van der Waals surface area (Å²) in [5.74, 6) is 0.573. The number of hydrogen-bond acceptors (Lipinski definition) is 7. The molecule has 2 aromatic rings. The molecule has 152 valence electrons. The normalized spacial score (nSPS) is 15.8. The van der Waals surface area contributed by atoms with Crippen LogP contribution < -0.4 is 14.3 Å². The summed E-state index contributed by atoms with van der Waals surface area (Å²) in [6, 6.07) is 13.0. The molecule has 1 fully saturated rings. The van der Waals surface area contributed by atoms with E-state index in [9.17, 15) is 13.2 Å². The van der Waals surface area contributed by atoms with E-state index in [0.717, 1.165) is 16.8 Å². The lowest BCUT2D eigenvalue weighted by Gasteiger charge is -2.15. The zero-order chi connectivity index (χ0) is 21.0. The van der Waals surface area contributed by atoms with Gasteiger partial charge in [-0.3, -0.25) is 4.79 Å². The number of carbonyl (C=O) groups excluding carboxylic acids is 1. The monoisotopic (exact) mass is 450 g/mol. The van der Waals surface area contributed by atoms with Crippen LogP contribution >= 0.6 is 24.0 Å². The van der Waals surface area contributed by atoms with Gasteiger partial charge in [-0.1, -0.05) is 48.2 Å². The number of carbonyl (C=O) groups is 1. The van der Waals surface area contributed by atoms with Gasteiger partial charge in [0.15, 0.2) is 15.8 Å². The van der Waals surface area contributed by atoms with Gasteiger partial charge < -0.3 is 9.47 Å². The molecule has 0 spiro atoms. The van der Waals surface area contributed by atoms with Gasteiger partial charge in [-0.2, -0.15) is 0 Å². The maximum Gasteiger partial charge on any atom is 0.281 e. The predicted molar refractivity (Wildman–Crippen MR) is 116 cm³/mol. The highest BCUT2D eigenvalue weighted by Gasteiger charge is 2.35. The predicted octanol–water partition coefficient (Wildman–Crippen LogP) is 3.19. The van der Waals surface area contributed by atoms with E-state index >= 15 is 0 Å². The van der Waals surface area contributed by atoms with E-state index in [1.807, 2.05) is 6.92 Å². The molecule has 0 aliphatic carbocycles. The van der Waals surface area contributed by atoms with E-state index < -0.39 is 15.9 Å². The van der Waals surface area contributed by atoms with Crippen LogP contribution in [0.3, 0.4) is 0 Å². The number of amides is 1. The minimum absolute atomic E-state index is 0.0364. The van der Waals surface area contributed by atoms with Crippen molar-refractivity contribution in [2.75, 3.05) is 13.7 Å². The van der Waals surface area contributed by atoms with Crippen molar-refractivity contribution >= 4 is 50.3 Å². The lowest BCUT2D eigenvalue weighted by molar-refractivity contribution is -0.123. The van der Waals surface area contributed by atoms with E-state index in [-0.39, 0.29) is 14.1 Å². The first-order chi connectivity index (χ1) is 13.9. The molecule has 29 heavy (non-hydrogen) atoms. The third-order valence-corrected chi connectivity index (χ3v) is 6.46. The SMILES string of the molecule is CCOc1ccc(/C=C2/SC(=S)N(NS(=O)(=O)c3ccccc3)C2=O)cc1OC. The van der Waals surface area contributed by atoms with Crippen molar-refractivity contribution in [3.8, 4) is 11.5 Å². The molecule has 0 atom stereocenters. The fraction of sp³-hybridized carbons (Fsp3) is 0.158. The Balaban J connectivity index is 1.83. The lowest BCUT2D eigenvalue weighted by atomic mass is 10.2. The molecule has 0 radical (unpaired) electrons. The van der Waals surface area contributed by atoms with Gasteiger partial charge >= 0.3 is 0 Å². The first kappa shape index (κ1) is 21.3. The second-order valence-electron chi connectivity index (χ2n) is 5.77. The Kier molecular flexibility index (Phi) is 6.58. The Hall–Kier alpha value is -2.40. The number of ether oxygens (including phenoxy) is 2. The van der Waals surface area contributed by atoms with Gasteiger partial charge in [0.25, 0.3) is 15.9 Å². The fourth-order valence-electron chi connectivity index (χ4n) is 2.52. The first-order valence-corrected chi connectivity index (χ1v) is 11.2. The second-order valence-corrected chi connectivity index (χ2v) is 9.10. The highest BCUT2D eigenvalue weighted by Crippen LogP contribution is 2.34. The zero-order valence-electron chi connectivity index (χ0n) is 15.6. The molecule has 1 heterocycles. The number of methoxy groups -OCH3 is 1. The van der Waals surface area contributed by atoms with Crippen LogP contribution in [0.25, 0.3) is 6.08 Å². The zero-order valence-corrected chi connectivity index (χ0v) is 18.1. The molecule has 1 aliphatic heterocycles. The van der Waals surface area contributed by atoms with Crippen LogP contribution in [0.15, 0.2) is 58.3 Å². The first-order valence-electron chi connectivity index (χ1n) is 8.52. The molecule has 0 bridgehead atoms. The standard InChI is InChI=1S/C19H18N2O5S3/c1-3-26-15-10-9-13(11-16(15)25-2)12-17-18(22)21(19(27)28-17)20-29(23,24)14-7-5-4-6-8-14/h4-12,20H,3H2,1-2H3/b17-12+. The van der Waals surface area contributed by atoms with E-state index in [1.165, 1.54) is 19.2 Å². The van der Waals surface area contributed by atoms with Gasteiger partial charge in [0.05, 0.1) is 23.5 Å². The minimum atomic E-state index is -3.94. The maximum atomic E-state index is 12.7. The molecule has 10 heteroatoms. The summed E-state index contributed by atoms with van der Waals surface area (Å²) in [5.41, 5.74) is 0.691. The summed E-state index contributed by atoms with van der Waals surface area (Å²) in [5, 5.41) is 0.861. The summed E-state index contributed by atoms with van der Waals surface area (Å²) < 4.78 is 35.9. The summed E-state index contributed by atoms with van der Waals surface area (Å²) in [4.78, 5) is 15.3. The lowest BCUT2D eigenvalue weighted by Crippen LogP contribution is -2.44. The molecule has 7 nitrogen and oxygen atoms in total. The van der Waals surface area contributed by atoms with E-state index in [2.05, 4.69) is 4.83 Å². The van der Waals surface area contributed by atoms with Crippen molar-refractivity contribution in [2.45, 2.75) is 11.8 Å². The van der Waals surface area contributed by atoms with Crippen LogP contribution in [0.1, 0.15) is 12.5 Å². The van der Waals surface area contributed by atoms with E-state index in [1.54, 1.807) is 42.5 Å². The molecular weight excluding hydrogens is 432 g/mol. The molecule has 0 unspecified atom stereocenters. The smallest absolute Gasteiger partial charge is 0.281 e. The molecular formula is C19H18N2O5S3. The van der Waals surface area contributed by atoms with Crippen molar-refractivity contribution in [2.24, 2.45) is 0 Å². The highest BCUT2D eigenvalue weighted by molar-refractivity contribution is 8.26. The number of thioether (sulfide) groups is 1. The Morgan fingerprint density at radius 1 is 1.17 bits per heavy atom. The van der Waals surface area contributed by atoms with E-state index in [0.29, 0.717) is 23.7 Å². The second kappa shape index (κ2) is 8.95. The Labute approximate surface area is 178 Å². The number of nitrogens with one attached hydrogen (secondary N) is 1. The van der Waals surface area contributed by atoms with Crippen molar-refractivity contribution in [1.29, 1.82) is 0 Å². The summed E-state index contributed by atoms with van der Waals surface area (Å²) in [7, 11) is -2.41. The van der Waals surface area contributed by atoms with Crippen molar-refractivity contribution in [1.82, 2.24) is 9.84 Å². The highest BCUT2D eigenvalue weighted by atomic mass is 32.2. The average molecular weight is 451 g/mol. The molecule has 0 saturated carbocycles. The number of rotatable bonds is 7. The molecule has 2 aromatic carbocycles. The number of benzene rings is 2. The van der Waals surface area contributed by atoms with Gasteiger partial charge in [-0.15, -0.1) is 4.83 Å². The van der Waals surface area contributed by atoms with Gasteiger partial charge in [0.1, 0.15) is 0 Å². The van der Waals surface area contributed by atoms with Gasteiger partial charge in [-0.05, 0) is 42.8 Å². The molecule has 1 aliphatic rings. The average Bonchev–Trinajstić information content (AvgIpc) is 2.97. The molecule has 3 rings (SSSR count). The van der Waals surface area contributed by atoms with E-state index in [4.69, 9.17) is 21.7 Å². The number of sulfonamides is 1. The van der Waals surface area contributed by atoms with Crippen LogP contribution in [-0.2, 0) is 14.8 Å². The van der Waals surface area contributed by atoms with Crippen molar-refractivity contribution in [3.05, 3.63) is 59.0 Å². The Morgan fingerprint density at radius 2 is 1.90 bits per heavy atom. The molecule has 1 saturated heterocycles.